The zero-order valence-corrected chi connectivity index (χ0v) is 17.4. The molecular weight excluding hydrogens is 429 g/mol. The van der Waals surface area contributed by atoms with Gasteiger partial charge in [0.2, 0.25) is 0 Å². The standard InChI is InChI=1S/C21H16ClN3O4.ClH/c1-29-19-12-25(18(21(27)28)7-13-3-2-6-24-11-13)20(26)9-17(19)16-8-15(22)5-4-14(16)10-23;/h2-6,8-9,11-12,18H,7H2,1H3,(H,27,28);1H. The van der Waals surface area contributed by atoms with E-state index in [9.17, 15) is 20.0 Å². The summed E-state index contributed by atoms with van der Waals surface area (Å²) >= 11 is 6.06. The first-order valence-corrected chi connectivity index (χ1v) is 8.94. The molecule has 9 heteroatoms. The molecule has 1 unspecified atom stereocenters. The van der Waals surface area contributed by atoms with E-state index >= 15 is 0 Å². The molecule has 3 aromatic rings. The second kappa shape index (κ2) is 9.92. The topological polar surface area (TPSA) is 105 Å². The number of nitrogens with zero attached hydrogens (tertiary/aromatic N) is 3. The summed E-state index contributed by atoms with van der Waals surface area (Å²) in [5.41, 5.74) is 1.24. The van der Waals surface area contributed by atoms with Crippen molar-refractivity contribution >= 4 is 30.0 Å². The molecule has 0 saturated heterocycles. The molecule has 0 bridgehead atoms. The van der Waals surface area contributed by atoms with Gasteiger partial charge in [-0.05, 0) is 29.8 Å². The van der Waals surface area contributed by atoms with Gasteiger partial charge < -0.3 is 9.84 Å². The number of pyridine rings is 2. The van der Waals surface area contributed by atoms with Gasteiger partial charge in [0.1, 0.15) is 11.8 Å². The summed E-state index contributed by atoms with van der Waals surface area (Å²) in [5.74, 6) is -0.910. The number of carbonyl (C=O) groups is 1. The van der Waals surface area contributed by atoms with Crippen LogP contribution in [0.25, 0.3) is 11.1 Å². The number of hydrogen-bond acceptors (Lipinski definition) is 5. The molecule has 7 nitrogen and oxygen atoms in total. The maximum atomic E-state index is 12.8. The molecule has 0 aliphatic heterocycles. The fourth-order valence-corrected chi connectivity index (χ4v) is 3.20. The van der Waals surface area contributed by atoms with Gasteiger partial charge in [0.15, 0.2) is 0 Å². The van der Waals surface area contributed by atoms with Gasteiger partial charge in [0.25, 0.3) is 5.56 Å². The number of methoxy groups -OCH3 is 1. The van der Waals surface area contributed by atoms with E-state index in [0.717, 1.165) is 4.57 Å². The van der Waals surface area contributed by atoms with Crippen molar-refractivity contribution in [3.8, 4) is 22.9 Å². The summed E-state index contributed by atoms with van der Waals surface area (Å²) < 4.78 is 6.50. The van der Waals surface area contributed by atoms with E-state index in [1.165, 1.54) is 19.4 Å². The molecule has 1 aromatic carbocycles. The van der Waals surface area contributed by atoms with Crippen LogP contribution in [0.2, 0.25) is 5.02 Å². The van der Waals surface area contributed by atoms with Crippen molar-refractivity contribution in [2.24, 2.45) is 0 Å². The molecule has 154 valence electrons. The Labute approximate surface area is 183 Å². The molecule has 30 heavy (non-hydrogen) atoms. The number of benzene rings is 1. The van der Waals surface area contributed by atoms with Gasteiger partial charge in [-0.1, -0.05) is 17.7 Å². The number of carboxylic acids is 1. The Morgan fingerprint density at radius 2 is 2.10 bits per heavy atom. The lowest BCUT2D eigenvalue weighted by Gasteiger charge is -2.18. The highest BCUT2D eigenvalue weighted by atomic mass is 35.5. The minimum absolute atomic E-state index is 0. The summed E-state index contributed by atoms with van der Waals surface area (Å²) in [5, 5.41) is 19.5. The summed E-state index contributed by atoms with van der Waals surface area (Å²) in [6.07, 6.45) is 4.56. The number of ether oxygens (including phenoxy) is 1. The minimum Gasteiger partial charge on any atom is -0.495 e. The van der Waals surface area contributed by atoms with Crippen molar-refractivity contribution in [1.29, 1.82) is 5.26 Å². The molecule has 0 aliphatic rings. The Morgan fingerprint density at radius 1 is 1.33 bits per heavy atom. The normalized spacial score (nSPS) is 11.1. The predicted octanol–water partition coefficient (Wildman–Crippen LogP) is 3.73. The smallest absolute Gasteiger partial charge is 0.327 e. The molecule has 0 amide bonds. The lowest BCUT2D eigenvalue weighted by Crippen LogP contribution is -2.31. The van der Waals surface area contributed by atoms with Gasteiger partial charge in [0, 0.05) is 41.0 Å². The number of nitriles is 1. The first kappa shape index (κ1) is 22.9. The fraction of sp³-hybridized carbons (Fsp3) is 0.143. The summed E-state index contributed by atoms with van der Waals surface area (Å²) in [6.45, 7) is 0. The van der Waals surface area contributed by atoms with Crippen molar-refractivity contribution in [2.45, 2.75) is 12.5 Å². The van der Waals surface area contributed by atoms with E-state index in [4.69, 9.17) is 16.3 Å². The molecular formula is C21H17Cl2N3O4. The summed E-state index contributed by atoms with van der Waals surface area (Å²) in [4.78, 5) is 28.7. The van der Waals surface area contributed by atoms with E-state index in [0.29, 0.717) is 27.3 Å². The number of rotatable bonds is 6. The van der Waals surface area contributed by atoms with Crippen molar-refractivity contribution in [3.63, 3.8) is 0 Å². The number of aliphatic carboxylic acids is 1. The van der Waals surface area contributed by atoms with Crippen LogP contribution in [0.3, 0.4) is 0 Å². The van der Waals surface area contributed by atoms with Gasteiger partial charge in [-0.25, -0.2) is 4.79 Å². The Kier molecular flexibility index (Phi) is 7.59. The highest BCUT2D eigenvalue weighted by Crippen LogP contribution is 2.33. The van der Waals surface area contributed by atoms with Crippen LogP contribution in [0.5, 0.6) is 5.75 Å². The van der Waals surface area contributed by atoms with Crippen molar-refractivity contribution in [1.82, 2.24) is 9.55 Å². The monoisotopic (exact) mass is 445 g/mol. The third-order valence-corrected chi connectivity index (χ3v) is 4.66. The van der Waals surface area contributed by atoms with E-state index in [2.05, 4.69) is 11.1 Å². The highest BCUT2D eigenvalue weighted by Gasteiger charge is 2.24. The van der Waals surface area contributed by atoms with E-state index in [-0.39, 0.29) is 24.6 Å². The van der Waals surface area contributed by atoms with E-state index in [1.807, 2.05) is 0 Å². The van der Waals surface area contributed by atoms with Gasteiger partial charge in [-0.15, -0.1) is 12.4 Å². The third-order valence-electron chi connectivity index (χ3n) is 4.43. The Hall–Kier alpha value is -3.34. The van der Waals surface area contributed by atoms with Crippen LogP contribution in [0.1, 0.15) is 17.2 Å². The molecule has 0 aliphatic carbocycles. The second-order valence-electron chi connectivity index (χ2n) is 6.22. The molecule has 2 heterocycles. The predicted molar refractivity (Wildman–Crippen MR) is 114 cm³/mol. The Morgan fingerprint density at radius 3 is 2.70 bits per heavy atom. The molecule has 3 rings (SSSR count). The average molecular weight is 446 g/mol. The highest BCUT2D eigenvalue weighted by molar-refractivity contribution is 6.31. The second-order valence-corrected chi connectivity index (χ2v) is 6.66. The average Bonchev–Trinajstić information content (AvgIpc) is 2.72. The molecule has 2 aromatic heterocycles. The van der Waals surface area contributed by atoms with Gasteiger partial charge in [0.05, 0.1) is 24.9 Å². The van der Waals surface area contributed by atoms with Crippen molar-refractivity contribution in [2.75, 3.05) is 7.11 Å². The lowest BCUT2D eigenvalue weighted by molar-refractivity contribution is -0.141. The van der Waals surface area contributed by atoms with Crippen LogP contribution in [0.15, 0.2) is 59.8 Å². The summed E-state index contributed by atoms with van der Waals surface area (Å²) in [6, 6.07) is 10.3. The number of halogens is 2. The SMILES string of the molecule is COc1cn(C(Cc2cccnc2)C(=O)O)c(=O)cc1-c1cc(Cl)ccc1C#N.Cl. The minimum atomic E-state index is -1.16. The lowest BCUT2D eigenvalue weighted by atomic mass is 10.00. The zero-order valence-electron chi connectivity index (χ0n) is 15.8. The molecule has 1 N–H and O–H groups in total. The van der Waals surface area contributed by atoms with E-state index < -0.39 is 17.6 Å². The van der Waals surface area contributed by atoms with Crippen LogP contribution in [-0.2, 0) is 11.2 Å². The van der Waals surface area contributed by atoms with Gasteiger partial charge in [-0.2, -0.15) is 5.26 Å². The van der Waals surface area contributed by atoms with Crippen molar-refractivity contribution in [3.05, 3.63) is 81.5 Å². The molecule has 0 fully saturated rings. The number of aromatic nitrogens is 2. The number of carboxylic acid groups (broad SMARTS) is 1. The van der Waals surface area contributed by atoms with Crippen LogP contribution >= 0.6 is 24.0 Å². The number of hydrogen-bond donors (Lipinski definition) is 1. The first-order chi connectivity index (χ1) is 13.9. The maximum Gasteiger partial charge on any atom is 0.327 e. The van der Waals surface area contributed by atoms with Gasteiger partial charge >= 0.3 is 5.97 Å². The maximum absolute atomic E-state index is 12.8. The molecule has 0 spiro atoms. The third kappa shape index (κ3) is 4.79. The Balaban J connectivity index is 0.00000320. The Bertz CT molecular complexity index is 1160. The van der Waals surface area contributed by atoms with Crippen molar-refractivity contribution < 1.29 is 14.6 Å². The largest absolute Gasteiger partial charge is 0.495 e. The van der Waals surface area contributed by atoms with E-state index in [1.54, 1.807) is 42.7 Å². The summed E-state index contributed by atoms with van der Waals surface area (Å²) in [7, 11) is 1.40. The quantitative estimate of drug-likeness (QED) is 0.619. The molecule has 0 saturated carbocycles. The molecule has 1 atom stereocenters. The molecule has 0 radical (unpaired) electrons. The zero-order chi connectivity index (χ0) is 21.0. The van der Waals surface area contributed by atoms with Crippen LogP contribution in [0.4, 0.5) is 0 Å². The van der Waals surface area contributed by atoms with Crippen LogP contribution < -0.4 is 10.3 Å². The van der Waals surface area contributed by atoms with Crippen LogP contribution in [-0.4, -0.2) is 27.7 Å². The van der Waals surface area contributed by atoms with Crippen LogP contribution in [0, 0.1) is 11.3 Å². The first-order valence-electron chi connectivity index (χ1n) is 8.56. The fourth-order valence-electron chi connectivity index (χ4n) is 3.03. The van der Waals surface area contributed by atoms with Gasteiger partial charge in [-0.3, -0.25) is 14.3 Å².